The maximum atomic E-state index is 11.0. The average molecular weight is 403 g/mol. The Labute approximate surface area is 174 Å². The van der Waals surface area contributed by atoms with Gasteiger partial charge in [-0.15, -0.1) is 10.2 Å². The number of imidazole rings is 1. The number of aliphatic hydroxyl groups excluding tert-OH is 1. The maximum Gasteiger partial charge on any atom is 0.201 e. The number of hydrogen-bond donors (Lipinski definition) is 1. The van der Waals surface area contributed by atoms with Gasteiger partial charge in [-0.2, -0.15) is 9.61 Å². The molecule has 1 aliphatic carbocycles. The first-order valence-corrected chi connectivity index (χ1v) is 10.6. The molecule has 0 spiro atoms. The van der Waals surface area contributed by atoms with Crippen LogP contribution in [0, 0.1) is 25.7 Å². The normalized spacial score (nSPS) is 26.6. The molecule has 0 amide bonds. The summed E-state index contributed by atoms with van der Waals surface area (Å²) < 4.78 is 3.95. The lowest BCUT2D eigenvalue weighted by Gasteiger charge is -2.36. The molecule has 8 nitrogen and oxygen atoms in total. The van der Waals surface area contributed by atoms with Gasteiger partial charge in [0.05, 0.1) is 40.9 Å². The third kappa shape index (κ3) is 2.56. The molecule has 2 aliphatic rings. The number of anilines is 1. The zero-order valence-corrected chi connectivity index (χ0v) is 17.2. The molecule has 4 aromatic rings. The molecule has 1 saturated heterocycles. The lowest BCUT2D eigenvalue weighted by molar-refractivity contribution is 0.0375. The Balaban J connectivity index is 1.33. The monoisotopic (exact) mass is 403 g/mol. The van der Waals surface area contributed by atoms with Crippen molar-refractivity contribution in [1.29, 1.82) is 0 Å². The van der Waals surface area contributed by atoms with Gasteiger partial charge in [0.1, 0.15) is 6.33 Å². The number of aromatic nitrogens is 6. The molecule has 1 N–H and O–H groups in total. The first kappa shape index (κ1) is 17.8. The molecule has 4 heterocycles. The van der Waals surface area contributed by atoms with E-state index >= 15 is 0 Å². The number of benzene rings is 1. The van der Waals surface area contributed by atoms with Crippen LogP contribution >= 0.6 is 0 Å². The average Bonchev–Trinajstić information content (AvgIpc) is 3.46. The molecule has 0 unspecified atom stereocenters. The topological polar surface area (TPSA) is 84.4 Å². The molecule has 0 bridgehead atoms. The molecular weight excluding hydrogens is 378 g/mol. The summed E-state index contributed by atoms with van der Waals surface area (Å²) in [5.74, 6) is 0.997. The van der Waals surface area contributed by atoms with Crippen LogP contribution < -0.4 is 4.90 Å². The van der Waals surface area contributed by atoms with Crippen molar-refractivity contribution in [1.82, 2.24) is 29.4 Å². The number of hydrogen-bond acceptors (Lipinski definition) is 6. The van der Waals surface area contributed by atoms with E-state index in [2.05, 4.69) is 42.7 Å². The van der Waals surface area contributed by atoms with Gasteiger partial charge in [0.2, 0.25) is 5.65 Å². The van der Waals surface area contributed by atoms with Gasteiger partial charge in [0, 0.05) is 13.1 Å². The minimum absolute atomic E-state index is 0.0620. The number of aliphatic hydroxyl groups is 1. The van der Waals surface area contributed by atoms with Crippen LogP contribution in [-0.4, -0.2) is 53.7 Å². The zero-order valence-electron chi connectivity index (χ0n) is 17.2. The van der Waals surface area contributed by atoms with Crippen molar-refractivity contribution < 1.29 is 5.11 Å². The molecule has 1 aliphatic heterocycles. The number of nitrogens with zero attached hydrogens (tertiary/aromatic N) is 7. The van der Waals surface area contributed by atoms with Crippen molar-refractivity contribution in [2.24, 2.45) is 11.8 Å². The summed E-state index contributed by atoms with van der Waals surface area (Å²) in [6.07, 6.45) is 4.95. The summed E-state index contributed by atoms with van der Waals surface area (Å²) in [6, 6.07) is 8.22. The molecule has 1 aromatic carbocycles. The molecule has 4 atom stereocenters. The van der Waals surface area contributed by atoms with E-state index in [1.54, 1.807) is 10.8 Å². The van der Waals surface area contributed by atoms with Crippen molar-refractivity contribution in [3.05, 3.63) is 48.2 Å². The van der Waals surface area contributed by atoms with Gasteiger partial charge in [-0.1, -0.05) is 12.1 Å². The smallest absolute Gasteiger partial charge is 0.201 e. The lowest BCUT2D eigenvalue weighted by Crippen LogP contribution is -2.36. The summed E-state index contributed by atoms with van der Waals surface area (Å²) in [7, 11) is 0. The summed E-state index contributed by atoms with van der Waals surface area (Å²) in [4.78, 5) is 6.98. The van der Waals surface area contributed by atoms with Crippen molar-refractivity contribution in [3.8, 4) is 0 Å². The Morgan fingerprint density at radius 2 is 1.83 bits per heavy atom. The molecule has 0 radical (unpaired) electrons. The maximum absolute atomic E-state index is 11.0. The highest BCUT2D eigenvalue weighted by atomic mass is 16.3. The Bertz CT molecular complexity index is 1240. The third-order valence-corrected chi connectivity index (χ3v) is 7.16. The van der Waals surface area contributed by atoms with E-state index in [1.165, 1.54) is 0 Å². The van der Waals surface area contributed by atoms with E-state index in [1.807, 2.05) is 31.5 Å². The van der Waals surface area contributed by atoms with Crippen LogP contribution in [0.2, 0.25) is 0 Å². The third-order valence-electron chi connectivity index (χ3n) is 7.16. The van der Waals surface area contributed by atoms with Gasteiger partial charge in [0.25, 0.3) is 0 Å². The fourth-order valence-electron chi connectivity index (χ4n) is 5.54. The molecule has 1 saturated carbocycles. The van der Waals surface area contributed by atoms with E-state index in [0.29, 0.717) is 11.8 Å². The van der Waals surface area contributed by atoms with Crippen molar-refractivity contribution >= 4 is 22.4 Å². The van der Waals surface area contributed by atoms with E-state index in [-0.39, 0.29) is 12.1 Å². The van der Waals surface area contributed by atoms with Crippen molar-refractivity contribution in [2.75, 3.05) is 18.0 Å². The summed E-state index contributed by atoms with van der Waals surface area (Å²) in [5, 5.41) is 24.0. The zero-order chi connectivity index (χ0) is 20.4. The molecule has 30 heavy (non-hydrogen) atoms. The Hall–Kier alpha value is -3.00. The lowest BCUT2D eigenvalue weighted by atomic mass is 9.77. The Morgan fingerprint density at radius 1 is 1.03 bits per heavy atom. The predicted molar refractivity (Wildman–Crippen MR) is 113 cm³/mol. The molecule has 154 valence electrons. The largest absolute Gasteiger partial charge is 0.391 e. The quantitative estimate of drug-likeness (QED) is 0.554. The number of aryl methyl sites for hydroxylation is 1. The highest BCUT2D eigenvalue weighted by Crippen LogP contribution is 2.44. The van der Waals surface area contributed by atoms with E-state index in [0.717, 1.165) is 59.6 Å². The van der Waals surface area contributed by atoms with Crippen molar-refractivity contribution in [2.45, 2.75) is 38.8 Å². The summed E-state index contributed by atoms with van der Waals surface area (Å²) in [6.45, 7) is 6.05. The predicted octanol–water partition coefficient (Wildman–Crippen LogP) is 2.54. The van der Waals surface area contributed by atoms with Gasteiger partial charge in [-0.25, -0.2) is 4.98 Å². The fourth-order valence-corrected chi connectivity index (χ4v) is 5.54. The second-order valence-electron chi connectivity index (χ2n) is 8.83. The first-order chi connectivity index (χ1) is 14.6. The van der Waals surface area contributed by atoms with Gasteiger partial charge >= 0.3 is 0 Å². The van der Waals surface area contributed by atoms with E-state index in [9.17, 15) is 5.11 Å². The van der Waals surface area contributed by atoms with E-state index < -0.39 is 0 Å². The van der Waals surface area contributed by atoms with Crippen LogP contribution in [0.3, 0.4) is 0 Å². The number of fused-ring (bicyclic) bond motifs is 3. The number of para-hydroxylation sites is 2. The molecule has 8 heteroatoms. The van der Waals surface area contributed by atoms with Gasteiger partial charge in [-0.3, -0.25) is 0 Å². The molecule has 2 fully saturated rings. The molecule has 6 rings (SSSR count). The highest BCUT2D eigenvalue weighted by Gasteiger charge is 2.43. The molecule has 3 aromatic heterocycles. The Morgan fingerprint density at radius 3 is 2.70 bits per heavy atom. The van der Waals surface area contributed by atoms with E-state index in [4.69, 9.17) is 0 Å². The number of rotatable bonds is 2. The van der Waals surface area contributed by atoms with Crippen LogP contribution in [0.15, 0.2) is 36.9 Å². The fraction of sp³-hybridized carbons (Fsp3) is 0.455. The summed E-state index contributed by atoms with van der Waals surface area (Å²) in [5.41, 5.74) is 6.18. The minimum Gasteiger partial charge on any atom is -0.391 e. The second-order valence-corrected chi connectivity index (χ2v) is 8.83. The van der Waals surface area contributed by atoms with Crippen LogP contribution in [0.25, 0.3) is 16.7 Å². The summed E-state index contributed by atoms with van der Waals surface area (Å²) >= 11 is 0. The van der Waals surface area contributed by atoms with Crippen LogP contribution in [0.4, 0.5) is 5.69 Å². The second kappa shape index (κ2) is 6.50. The van der Waals surface area contributed by atoms with Crippen LogP contribution in [-0.2, 0) is 0 Å². The Kier molecular flexibility index (Phi) is 3.86. The SMILES string of the molecule is Cc1nn2cnnc2c(N2C[C@H]3C[C@@H](n4cnc5ccccc54)[C@H](O)C[C@H]3C2)c1C. The van der Waals surface area contributed by atoms with Gasteiger partial charge < -0.3 is 14.6 Å². The molecular formula is C22H25N7O. The van der Waals surface area contributed by atoms with Crippen LogP contribution in [0.5, 0.6) is 0 Å². The minimum atomic E-state index is -0.364. The van der Waals surface area contributed by atoms with Crippen LogP contribution in [0.1, 0.15) is 30.1 Å². The standard InChI is InChI=1S/C22H25N7O/c1-13-14(2)26-29-12-24-25-22(29)21(13)27-9-15-7-19(20(30)8-16(15)10-27)28-11-23-17-5-3-4-6-18(17)28/h3-6,11-12,15-16,19-20,30H,7-10H2,1-2H3/t15-,16+,19-,20-/m1/s1. The van der Waals surface area contributed by atoms with Gasteiger partial charge in [0.15, 0.2) is 0 Å². The van der Waals surface area contributed by atoms with Crippen molar-refractivity contribution in [3.63, 3.8) is 0 Å². The first-order valence-electron chi connectivity index (χ1n) is 10.6. The highest BCUT2D eigenvalue weighted by molar-refractivity contribution is 5.75. The van der Waals surface area contributed by atoms with Gasteiger partial charge in [-0.05, 0) is 56.2 Å².